The molecule has 1 heterocycles. The number of hydrogen-bond donors (Lipinski definition) is 0. The van der Waals surface area contributed by atoms with E-state index in [1.165, 1.54) is 12.1 Å². The number of ether oxygens (including phenoxy) is 1. The van der Waals surface area contributed by atoms with E-state index >= 15 is 0 Å². The van der Waals surface area contributed by atoms with Gasteiger partial charge in [-0.15, -0.1) is 0 Å². The summed E-state index contributed by atoms with van der Waals surface area (Å²) in [4.78, 5) is 39.3. The molecular weight excluding hydrogens is 477 g/mol. The summed E-state index contributed by atoms with van der Waals surface area (Å²) in [7, 11) is 1.54. The van der Waals surface area contributed by atoms with Gasteiger partial charge in [-0.25, -0.2) is 0 Å². The molecule has 2 aromatic carbocycles. The van der Waals surface area contributed by atoms with E-state index in [0.717, 1.165) is 0 Å². The summed E-state index contributed by atoms with van der Waals surface area (Å²) in [5.74, 6) is 0.234. The van der Waals surface area contributed by atoms with Crippen molar-refractivity contribution >= 4 is 40.1 Å². The van der Waals surface area contributed by atoms with Gasteiger partial charge in [0.2, 0.25) is 0 Å². The van der Waals surface area contributed by atoms with Gasteiger partial charge in [-0.2, -0.15) is 0 Å². The van der Waals surface area contributed by atoms with E-state index in [1.54, 1.807) is 47.2 Å². The Labute approximate surface area is 175 Å². The van der Waals surface area contributed by atoms with Gasteiger partial charge in [-0.1, -0.05) is 6.07 Å². The lowest BCUT2D eigenvalue weighted by Crippen LogP contribution is -2.50. The molecule has 28 heavy (non-hydrogen) atoms. The number of non-ortho nitro benzene ring substituents is 1. The molecule has 0 spiro atoms. The Morgan fingerprint density at radius 1 is 1.04 bits per heavy atom. The molecule has 0 bridgehead atoms. The number of piperazine rings is 1. The van der Waals surface area contributed by atoms with Crippen molar-refractivity contribution < 1.29 is 19.2 Å². The number of halogens is 1. The Balaban J connectivity index is 1.68. The molecule has 0 N–H and O–H groups in total. The normalized spacial score (nSPS) is 13.9. The smallest absolute Gasteiger partial charge is 0.270 e. The first-order valence-electron chi connectivity index (χ1n) is 8.57. The molecule has 0 radical (unpaired) electrons. The average molecular weight is 495 g/mol. The lowest BCUT2D eigenvalue weighted by Gasteiger charge is -2.35. The van der Waals surface area contributed by atoms with Crippen molar-refractivity contribution in [3.8, 4) is 5.75 Å². The minimum Gasteiger partial charge on any atom is -0.497 e. The third kappa shape index (κ3) is 4.24. The van der Waals surface area contributed by atoms with Gasteiger partial charge >= 0.3 is 0 Å². The van der Waals surface area contributed by atoms with Crippen LogP contribution < -0.4 is 4.74 Å². The second kappa shape index (κ2) is 8.55. The van der Waals surface area contributed by atoms with Crippen LogP contribution in [-0.4, -0.2) is 59.8 Å². The van der Waals surface area contributed by atoms with Crippen molar-refractivity contribution in [2.24, 2.45) is 0 Å². The fraction of sp³-hybridized carbons (Fsp3) is 0.263. The van der Waals surface area contributed by atoms with Gasteiger partial charge in [0.25, 0.3) is 17.5 Å². The summed E-state index contributed by atoms with van der Waals surface area (Å²) in [5.41, 5.74) is 0.727. The van der Waals surface area contributed by atoms with E-state index in [9.17, 15) is 19.7 Å². The van der Waals surface area contributed by atoms with E-state index in [2.05, 4.69) is 0 Å². The predicted octanol–water partition coefficient (Wildman–Crippen LogP) is 2.81. The number of methoxy groups -OCH3 is 1. The molecule has 0 aliphatic carbocycles. The van der Waals surface area contributed by atoms with E-state index < -0.39 is 4.92 Å². The van der Waals surface area contributed by atoms with Gasteiger partial charge in [-0.05, 0) is 46.9 Å². The van der Waals surface area contributed by atoms with Crippen molar-refractivity contribution in [1.82, 2.24) is 9.80 Å². The van der Waals surface area contributed by atoms with Crippen LogP contribution in [0.3, 0.4) is 0 Å². The number of nitro benzene ring substituents is 1. The number of nitrogens with zero attached hydrogens (tertiary/aromatic N) is 3. The van der Waals surface area contributed by atoms with Crippen LogP contribution in [0.25, 0.3) is 0 Å². The highest BCUT2D eigenvalue weighted by Gasteiger charge is 2.27. The second-order valence-electron chi connectivity index (χ2n) is 6.24. The third-order valence-electron chi connectivity index (χ3n) is 4.56. The maximum atomic E-state index is 12.8. The molecule has 0 saturated carbocycles. The lowest BCUT2D eigenvalue weighted by molar-refractivity contribution is -0.384. The Morgan fingerprint density at radius 2 is 1.68 bits per heavy atom. The van der Waals surface area contributed by atoms with Crippen molar-refractivity contribution in [3.05, 3.63) is 67.3 Å². The maximum Gasteiger partial charge on any atom is 0.270 e. The van der Waals surface area contributed by atoms with E-state index in [4.69, 9.17) is 4.74 Å². The van der Waals surface area contributed by atoms with Crippen molar-refractivity contribution in [1.29, 1.82) is 0 Å². The number of benzene rings is 2. The highest BCUT2D eigenvalue weighted by Crippen LogP contribution is 2.22. The molecule has 2 amide bonds. The fourth-order valence-electron chi connectivity index (χ4n) is 3.01. The summed E-state index contributed by atoms with van der Waals surface area (Å²) >= 11 is 1.99. The number of carbonyl (C=O) groups is 2. The SMILES string of the molecule is COc1cccc(C(=O)N2CCN(C(=O)c3cc([N+](=O)[O-])ccc3I)CC2)c1. The Bertz CT molecular complexity index is 926. The van der Waals surface area contributed by atoms with E-state index in [-0.39, 0.29) is 17.5 Å². The van der Waals surface area contributed by atoms with Crippen molar-refractivity contribution in [2.45, 2.75) is 0 Å². The molecule has 8 nitrogen and oxygen atoms in total. The lowest BCUT2D eigenvalue weighted by atomic mass is 10.1. The van der Waals surface area contributed by atoms with Gasteiger partial charge in [0.1, 0.15) is 5.75 Å². The Hall–Kier alpha value is -2.69. The minimum absolute atomic E-state index is 0.115. The zero-order chi connectivity index (χ0) is 20.3. The first-order chi connectivity index (χ1) is 13.4. The van der Waals surface area contributed by atoms with Crippen molar-refractivity contribution in [3.63, 3.8) is 0 Å². The zero-order valence-corrected chi connectivity index (χ0v) is 17.3. The second-order valence-corrected chi connectivity index (χ2v) is 7.40. The summed E-state index contributed by atoms with van der Waals surface area (Å²) < 4.78 is 5.81. The first kappa shape index (κ1) is 20.1. The maximum absolute atomic E-state index is 12.8. The molecule has 146 valence electrons. The van der Waals surface area contributed by atoms with Crippen LogP contribution in [0.2, 0.25) is 0 Å². The monoisotopic (exact) mass is 495 g/mol. The zero-order valence-electron chi connectivity index (χ0n) is 15.1. The van der Waals surface area contributed by atoms with Crippen LogP contribution in [-0.2, 0) is 0 Å². The van der Waals surface area contributed by atoms with Gasteiger partial charge in [-0.3, -0.25) is 19.7 Å². The predicted molar refractivity (Wildman–Crippen MR) is 111 cm³/mol. The summed E-state index contributed by atoms with van der Waals surface area (Å²) in [5, 5.41) is 11.0. The number of carbonyl (C=O) groups excluding carboxylic acids is 2. The molecule has 1 aliphatic rings. The average Bonchev–Trinajstić information content (AvgIpc) is 2.73. The first-order valence-corrected chi connectivity index (χ1v) is 9.65. The Morgan fingerprint density at radius 3 is 2.29 bits per heavy atom. The molecule has 2 aromatic rings. The number of rotatable bonds is 4. The summed E-state index contributed by atoms with van der Waals surface area (Å²) in [6.07, 6.45) is 0. The van der Waals surface area contributed by atoms with E-state index in [1.807, 2.05) is 22.6 Å². The largest absolute Gasteiger partial charge is 0.497 e. The van der Waals surface area contributed by atoms with Crippen LogP contribution in [0.1, 0.15) is 20.7 Å². The molecule has 9 heteroatoms. The highest BCUT2D eigenvalue weighted by atomic mass is 127. The topological polar surface area (TPSA) is 93.0 Å². The molecule has 1 aliphatic heterocycles. The quantitative estimate of drug-likeness (QED) is 0.370. The molecule has 3 rings (SSSR count). The molecule has 1 fully saturated rings. The summed E-state index contributed by atoms with van der Waals surface area (Å²) in [6, 6.07) is 11.2. The van der Waals surface area contributed by atoms with Gasteiger partial charge in [0, 0.05) is 47.4 Å². The van der Waals surface area contributed by atoms with Crippen LogP contribution in [0.4, 0.5) is 5.69 Å². The number of amides is 2. The molecule has 0 unspecified atom stereocenters. The molecule has 1 saturated heterocycles. The number of hydrogen-bond acceptors (Lipinski definition) is 5. The minimum atomic E-state index is -0.516. The molecule has 0 aromatic heterocycles. The standard InChI is InChI=1S/C19H18IN3O5/c1-28-15-4-2-3-13(11-15)18(24)21-7-9-22(10-8-21)19(25)16-12-14(23(26)27)5-6-17(16)20/h2-6,11-12H,7-10H2,1H3. The Kier molecular flexibility index (Phi) is 6.12. The summed E-state index contributed by atoms with van der Waals surface area (Å²) in [6.45, 7) is 1.53. The van der Waals surface area contributed by atoms with E-state index in [0.29, 0.717) is 46.6 Å². The van der Waals surface area contributed by atoms with Crippen LogP contribution in [0.5, 0.6) is 5.75 Å². The van der Waals surface area contributed by atoms with Gasteiger partial charge < -0.3 is 14.5 Å². The van der Waals surface area contributed by atoms with Gasteiger partial charge in [0.05, 0.1) is 17.6 Å². The fourth-order valence-corrected chi connectivity index (χ4v) is 3.58. The molecular formula is C19H18IN3O5. The van der Waals surface area contributed by atoms with Crippen molar-refractivity contribution in [2.75, 3.05) is 33.3 Å². The molecule has 0 atom stereocenters. The highest BCUT2D eigenvalue weighted by molar-refractivity contribution is 14.1. The van der Waals surface area contributed by atoms with Crippen LogP contribution >= 0.6 is 22.6 Å². The van der Waals surface area contributed by atoms with Gasteiger partial charge in [0.15, 0.2) is 0 Å². The van der Waals surface area contributed by atoms with Crippen LogP contribution in [0.15, 0.2) is 42.5 Å². The van der Waals surface area contributed by atoms with Crippen LogP contribution in [0, 0.1) is 13.7 Å². The third-order valence-corrected chi connectivity index (χ3v) is 5.50. The number of nitro groups is 1.